The Hall–Kier alpha value is -0.610. The summed E-state index contributed by atoms with van der Waals surface area (Å²) in [6, 6.07) is 0. The summed E-state index contributed by atoms with van der Waals surface area (Å²) < 4.78 is 0. The van der Waals surface area contributed by atoms with Crippen LogP contribution in [0.4, 0.5) is 0 Å². The summed E-state index contributed by atoms with van der Waals surface area (Å²) in [4.78, 5) is 11.5. The van der Waals surface area contributed by atoms with Gasteiger partial charge in [-0.25, -0.2) is 0 Å². The van der Waals surface area contributed by atoms with Crippen LogP contribution in [0.25, 0.3) is 0 Å². The molecule has 1 fully saturated rings. The summed E-state index contributed by atoms with van der Waals surface area (Å²) in [7, 11) is 0. The summed E-state index contributed by atoms with van der Waals surface area (Å²) in [5.41, 5.74) is -0.776. The third-order valence-electron chi connectivity index (χ3n) is 2.84. The monoisotopic (exact) mass is 200 g/mol. The van der Waals surface area contributed by atoms with E-state index in [4.69, 9.17) is 0 Å². The van der Waals surface area contributed by atoms with Crippen molar-refractivity contribution < 1.29 is 9.90 Å². The predicted molar refractivity (Wildman–Crippen MR) is 54.9 cm³/mol. The van der Waals surface area contributed by atoms with Gasteiger partial charge in [0.15, 0.2) is 0 Å². The van der Waals surface area contributed by atoms with Crippen LogP contribution in [0.3, 0.4) is 0 Å². The third kappa shape index (κ3) is 3.27. The van der Waals surface area contributed by atoms with Crippen molar-refractivity contribution in [1.29, 1.82) is 0 Å². The molecule has 0 aliphatic carbocycles. The van der Waals surface area contributed by atoms with Gasteiger partial charge in [-0.3, -0.25) is 4.79 Å². The zero-order chi connectivity index (χ0) is 10.6. The zero-order valence-corrected chi connectivity index (χ0v) is 8.97. The lowest BCUT2D eigenvalue weighted by Gasteiger charge is -2.22. The highest BCUT2D eigenvalue weighted by Gasteiger charge is 2.24. The van der Waals surface area contributed by atoms with E-state index in [0.717, 1.165) is 19.5 Å². The molecular weight excluding hydrogens is 180 g/mol. The number of amides is 1. The fourth-order valence-electron chi connectivity index (χ4n) is 1.43. The van der Waals surface area contributed by atoms with Gasteiger partial charge >= 0.3 is 0 Å². The second-order valence-corrected chi connectivity index (χ2v) is 4.26. The Morgan fingerprint density at radius 1 is 1.71 bits per heavy atom. The number of carbonyl (C=O) groups is 1. The number of nitrogens with one attached hydrogen (secondary N) is 2. The molecule has 0 aromatic heterocycles. The molecule has 4 heteroatoms. The molecule has 14 heavy (non-hydrogen) atoms. The van der Waals surface area contributed by atoms with Crippen LogP contribution in [-0.4, -0.2) is 36.2 Å². The molecule has 0 aromatic rings. The Morgan fingerprint density at radius 2 is 2.43 bits per heavy atom. The molecule has 82 valence electrons. The number of carbonyl (C=O) groups excluding carboxylic acids is 1. The minimum absolute atomic E-state index is 0.0590. The molecule has 1 heterocycles. The Kier molecular flexibility index (Phi) is 3.89. The van der Waals surface area contributed by atoms with Gasteiger partial charge in [0.05, 0.1) is 11.5 Å². The molecule has 1 saturated heterocycles. The summed E-state index contributed by atoms with van der Waals surface area (Å²) in [6.45, 7) is 5.67. The average Bonchev–Trinajstić information content (AvgIpc) is 2.67. The molecule has 0 spiro atoms. The molecule has 0 aromatic carbocycles. The maximum absolute atomic E-state index is 11.5. The van der Waals surface area contributed by atoms with Crippen LogP contribution in [0.1, 0.15) is 26.7 Å². The summed E-state index contributed by atoms with van der Waals surface area (Å²) in [5, 5.41) is 15.6. The summed E-state index contributed by atoms with van der Waals surface area (Å²) >= 11 is 0. The number of hydrogen-bond donors (Lipinski definition) is 3. The van der Waals surface area contributed by atoms with E-state index in [0.29, 0.717) is 13.0 Å². The smallest absolute Gasteiger partial charge is 0.224 e. The van der Waals surface area contributed by atoms with Gasteiger partial charge in [-0.05, 0) is 26.3 Å². The van der Waals surface area contributed by atoms with Crippen LogP contribution >= 0.6 is 0 Å². The number of aliphatic hydroxyl groups is 1. The SMILES string of the molecule is CCC(C)(O)CNC(=O)C1CCNC1. The van der Waals surface area contributed by atoms with Crippen molar-refractivity contribution in [3.8, 4) is 0 Å². The van der Waals surface area contributed by atoms with Gasteiger partial charge in [0.2, 0.25) is 5.91 Å². The Morgan fingerprint density at radius 3 is 2.93 bits per heavy atom. The van der Waals surface area contributed by atoms with E-state index in [1.54, 1.807) is 6.92 Å². The fourth-order valence-corrected chi connectivity index (χ4v) is 1.43. The second-order valence-electron chi connectivity index (χ2n) is 4.26. The maximum Gasteiger partial charge on any atom is 0.224 e. The topological polar surface area (TPSA) is 61.4 Å². The zero-order valence-electron chi connectivity index (χ0n) is 8.97. The highest BCUT2D eigenvalue weighted by molar-refractivity contribution is 5.79. The van der Waals surface area contributed by atoms with Crippen LogP contribution < -0.4 is 10.6 Å². The Bertz CT molecular complexity index is 198. The number of rotatable bonds is 4. The van der Waals surface area contributed by atoms with E-state index in [9.17, 15) is 9.90 Å². The van der Waals surface area contributed by atoms with Crippen molar-refractivity contribution in [2.75, 3.05) is 19.6 Å². The summed E-state index contributed by atoms with van der Waals surface area (Å²) in [5.74, 6) is 0.145. The molecule has 1 rings (SSSR count). The van der Waals surface area contributed by atoms with Crippen molar-refractivity contribution in [3.05, 3.63) is 0 Å². The van der Waals surface area contributed by atoms with Gasteiger partial charge in [0.1, 0.15) is 0 Å². The van der Waals surface area contributed by atoms with Gasteiger partial charge in [0, 0.05) is 13.1 Å². The Balaban J connectivity index is 2.27. The van der Waals surface area contributed by atoms with Gasteiger partial charge < -0.3 is 15.7 Å². The minimum Gasteiger partial charge on any atom is -0.388 e. The molecule has 3 N–H and O–H groups in total. The van der Waals surface area contributed by atoms with Crippen LogP contribution in [-0.2, 0) is 4.79 Å². The molecule has 4 nitrogen and oxygen atoms in total. The first-order chi connectivity index (χ1) is 6.55. The van der Waals surface area contributed by atoms with Gasteiger partial charge in [-0.15, -0.1) is 0 Å². The first-order valence-corrected chi connectivity index (χ1v) is 5.26. The first kappa shape index (κ1) is 11.5. The van der Waals surface area contributed by atoms with Crippen molar-refractivity contribution in [2.45, 2.75) is 32.3 Å². The lowest BCUT2D eigenvalue weighted by atomic mass is 10.0. The van der Waals surface area contributed by atoms with Crippen LogP contribution in [0.5, 0.6) is 0 Å². The third-order valence-corrected chi connectivity index (χ3v) is 2.84. The van der Waals surface area contributed by atoms with Gasteiger partial charge in [-0.2, -0.15) is 0 Å². The molecule has 0 bridgehead atoms. The van der Waals surface area contributed by atoms with E-state index in [1.807, 2.05) is 6.92 Å². The predicted octanol–water partition coefficient (Wildman–Crippen LogP) is -0.127. The van der Waals surface area contributed by atoms with Crippen molar-refractivity contribution >= 4 is 5.91 Å². The van der Waals surface area contributed by atoms with Crippen molar-refractivity contribution in [1.82, 2.24) is 10.6 Å². The van der Waals surface area contributed by atoms with Gasteiger partial charge in [-0.1, -0.05) is 6.92 Å². The van der Waals surface area contributed by atoms with E-state index in [2.05, 4.69) is 10.6 Å². The molecule has 1 aliphatic heterocycles. The highest BCUT2D eigenvalue weighted by atomic mass is 16.3. The standard InChI is InChI=1S/C10H20N2O2/c1-3-10(2,14)7-12-9(13)8-4-5-11-6-8/h8,11,14H,3-7H2,1-2H3,(H,12,13). The second kappa shape index (κ2) is 4.75. The average molecular weight is 200 g/mol. The largest absolute Gasteiger partial charge is 0.388 e. The molecule has 2 unspecified atom stereocenters. The molecular formula is C10H20N2O2. The minimum atomic E-state index is -0.776. The van der Waals surface area contributed by atoms with Crippen molar-refractivity contribution in [3.63, 3.8) is 0 Å². The molecule has 0 radical (unpaired) electrons. The fraction of sp³-hybridized carbons (Fsp3) is 0.900. The van der Waals surface area contributed by atoms with Gasteiger partial charge in [0.25, 0.3) is 0 Å². The first-order valence-electron chi connectivity index (χ1n) is 5.26. The molecule has 0 saturated carbocycles. The van der Waals surface area contributed by atoms with Crippen LogP contribution in [0, 0.1) is 5.92 Å². The van der Waals surface area contributed by atoms with Crippen molar-refractivity contribution in [2.24, 2.45) is 5.92 Å². The lowest BCUT2D eigenvalue weighted by Crippen LogP contribution is -2.42. The molecule has 1 amide bonds. The molecule has 1 aliphatic rings. The quantitative estimate of drug-likeness (QED) is 0.592. The van der Waals surface area contributed by atoms with E-state index in [1.165, 1.54) is 0 Å². The lowest BCUT2D eigenvalue weighted by molar-refractivity contribution is -0.125. The van der Waals surface area contributed by atoms with Crippen LogP contribution in [0.2, 0.25) is 0 Å². The van der Waals surface area contributed by atoms with E-state index >= 15 is 0 Å². The van der Waals surface area contributed by atoms with E-state index in [-0.39, 0.29) is 11.8 Å². The molecule has 2 atom stereocenters. The van der Waals surface area contributed by atoms with Crippen LogP contribution in [0.15, 0.2) is 0 Å². The maximum atomic E-state index is 11.5. The Labute approximate surface area is 85.1 Å². The highest BCUT2D eigenvalue weighted by Crippen LogP contribution is 2.09. The summed E-state index contributed by atoms with van der Waals surface area (Å²) in [6.07, 6.45) is 1.55. The number of hydrogen-bond acceptors (Lipinski definition) is 3. The van der Waals surface area contributed by atoms with E-state index < -0.39 is 5.60 Å². The normalized spacial score (nSPS) is 25.8.